The van der Waals surface area contributed by atoms with Gasteiger partial charge in [-0.25, -0.2) is 4.79 Å². The Morgan fingerprint density at radius 3 is 2.53 bits per heavy atom. The van der Waals surface area contributed by atoms with Crippen LogP contribution in [0.5, 0.6) is 0 Å². The molecule has 0 spiro atoms. The summed E-state index contributed by atoms with van der Waals surface area (Å²) in [5.41, 5.74) is -0.944. The number of esters is 1. The molecule has 0 amide bonds. The van der Waals surface area contributed by atoms with E-state index in [4.69, 9.17) is 9.26 Å². The van der Waals surface area contributed by atoms with Gasteiger partial charge >= 0.3 is 5.97 Å². The molecule has 0 saturated heterocycles. The second-order valence-corrected chi connectivity index (χ2v) is 5.73. The van der Waals surface area contributed by atoms with Gasteiger partial charge in [-0.05, 0) is 30.8 Å². The molecule has 0 fully saturated rings. The fraction of sp³-hybridized carbons (Fsp3) is 0.308. The molecule has 0 saturated carbocycles. The fourth-order valence-corrected chi connectivity index (χ4v) is 3.53. The van der Waals surface area contributed by atoms with Gasteiger partial charge < -0.3 is 18.7 Å². The highest BCUT2D eigenvalue weighted by Crippen LogP contribution is 2.58. The molecule has 1 heterocycles. The van der Waals surface area contributed by atoms with E-state index in [1.165, 1.54) is 0 Å². The van der Waals surface area contributed by atoms with Crippen molar-refractivity contribution in [1.82, 2.24) is 0 Å². The number of ether oxygens (including phenoxy) is 1. The highest BCUT2D eigenvalue weighted by molar-refractivity contribution is 7.55. The van der Waals surface area contributed by atoms with Gasteiger partial charge in [0.1, 0.15) is 0 Å². The quantitative estimate of drug-likeness (QED) is 0.625. The third-order valence-electron chi connectivity index (χ3n) is 2.91. The van der Waals surface area contributed by atoms with Crippen LogP contribution in [0.25, 0.3) is 0 Å². The lowest BCUT2D eigenvalue weighted by Crippen LogP contribution is -2.38. The average Bonchev–Trinajstić information content (AvgIpc) is 2.61. The van der Waals surface area contributed by atoms with Crippen LogP contribution >= 0.6 is 7.60 Å². The Morgan fingerprint density at radius 1 is 1.42 bits per heavy atom. The number of hydrogen-bond donors (Lipinski definition) is 0. The molecule has 19 heavy (non-hydrogen) atoms. The van der Waals surface area contributed by atoms with Crippen LogP contribution in [-0.2, 0) is 24.2 Å². The molecule has 1 unspecified atom stereocenters. The molecule has 102 valence electrons. The monoisotopic (exact) mass is 281 g/mol. The van der Waals surface area contributed by atoms with Crippen molar-refractivity contribution in [2.45, 2.75) is 19.4 Å². The van der Waals surface area contributed by atoms with E-state index in [0.29, 0.717) is 11.1 Å². The maximum Gasteiger partial charge on any atom is 0.347 e. The fourth-order valence-electron chi connectivity index (χ4n) is 2.12. The highest BCUT2D eigenvalue weighted by Gasteiger charge is 2.51. The lowest BCUT2D eigenvalue weighted by Gasteiger charge is -2.30. The van der Waals surface area contributed by atoms with Crippen LogP contribution in [0.4, 0.5) is 0 Å². The van der Waals surface area contributed by atoms with E-state index in [1.54, 1.807) is 44.2 Å². The van der Waals surface area contributed by atoms with E-state index < -0.39 is 19.2 Å². The van der Waals surface area contributed by atoms with Gasteiger partial charge in [0.2, 0.25) is 5.60 Å². The topological polar surface area (TPSA) is 75.7 Å². The van der Waals surface area contributed by atoms with Crippen LogP contribution in [0.15, 0.2) is 41.7 Å². The Kier molecular flexibility index (Phi) is 3.63. The minimum absolute atomic E-state index is 0.146. The zero-order chi connectivity index (χ0) is 14.1. The molecule has 0 N–H and O–H groups in total. The van der Waals surface area contributed by atoms with Crippen molar-refractivity contribution in [1.29, 1.82) is 0 Å². The zero-order valence-corrected chi connectivity index (χ0v) is 11.6. The number of rotatable bonds is 3. The van der Waals surface area contributed by atoms with Crippen molar-refractivity contribution in [3.05, 3.63) is 47.3 Å². The molecule has 5 nitrogen and oxygen atoms in total. The van der Waals surface area contributed by atoms with E-state index in [1.807, 2.05) is 0 Å². The van der Waals surface area contributed by atoms with Crippen LogP contribution in [0.1, 0.15) is 19.4 Å². The van der Waals surface area contributed by atoms with E-state index in [9.17, 15) is 14.3 Å². The molecular formula is C13H14O5P-. The van der Waals surface area contributed by atoms with Gasteiger partial charge in [0.25, 0.3) is 0 Å². The van der Waals surface area contributed by atoms with Crippen molar-refractivity contribution in [3.63, 3.8) is 0 Å². The zero-order valence-electron chi connectivity index (χ0n) is 10.7. The molecule has 0 radical (unpaired) electrons. The van der Waals surface area contributed by atoms with Gasteiger partial charge in [-0.15, -0.1) is 0 Å². The van der Waals surface area contributed by atoms with Crippen molar-refractivity contribution in [2.24, 2.45) is 0 Å². The van der Waals surface area contributed by atoms with Crippen LogP contribution in [0.3, 0.4) is 0 Å². The van der Waals surface area contributed by atoms with Crippen molar-refractivity contribution in [2.75, 3.05) is 6.61 Å². The van der Waals surface area contributed by atoms with Crippen molar-refractivity contribution < 1.29 is 23.5 Å². The summed E-state index contributed by atoms with van der Waals surface area (Å²) >= 11 is 0. The Labute approximate surface area is 111 Å². The van der Waals surface area contributed by atoms with Crippen LogP contribution in [0.2, 0.25) is 0 Å². The lowest BCUT2D eigenvalue weighted by molar-refractivity contribution is -0.205. The molecule has 1 aromatic rings. The SMILES string of the molecule is CCOC(=O)[C@@]1(c2ccccc2)OP(=O)([O-])C=C1C. The molecule has 1 aromatic carbocycles. The summed E-state index contributed by atoms with van der Waals surface area (Å²) in [5.74, 6) is 0.264. The minimum Gasteiger partial charge on any atom is -0.775 e. The summed E-state index contributed by atoms with van der Waals surface area (Å²) in [6.45, 7) is 3.34. The second-order valence-electron chi connectivity index (χ2n) is 4.21. The van der Waals surface area contributed by atoms with E-state index >= 15 is 0 Å². The van der Waals surface area contributed by atoms with Gasteiger partial charge in [-0.1, -0.05) is 30.3 Å². The summed E-state index contributed by atoms with van der Waals surface area (Å²) in [6, 6.07) is 8.47. The summed E-state index contributed by atoms with van der Waals surface area (Å²) in [4.78, 5) is 23.9. The number of hydrogen-bond acceptors (Lipinski definition) is 5. The number of carbonyl (C=O) groups excluding carboxylic acids is 1. The van der Waals surface area contributed by atoms with Gasteiger partial charge in [0.05, 0.1) is 6.61 Å². The van der Waals surface area contributed by atoms with Crippen molar-refractivity contribution >= 4 is 13.6 Å². The Hall–Kier alpha value is -1.42. The summed E-state index contributed by atoms with van der Waals surface area (Å²) in [7, 11) is -4.18. The van der Waals surface area contributed by atoms with Crippen molar-refractivity contribution in [3.8, 4) is 0 Å². The largest absolute Gasteiger partial charge is 0.775 e. The molecular weight excluding hydrogens is 267 g/mol. The summed E-state index contributed by atoms with van der Waals surface area (Å²) in [6.07, 6.45) is 0. The molecule has 2 atom stereocenters. The van der Waals surface area contributed by atoms with Gasteiger partial charge in [0.15, 0.2) is 7.60 Å². The third-order valence-corrected chi connectivity index (χ3v) is 4.15. The molecule has 0 bridgehead atoms. The summed E-state index contributed by atoms with van der Waals surface area (Å²) in [5, 5.41) is 0. The second kappa shape index (κ2) is 4.93. The molecule has 1 aliphatic rings. The Morgan fingerprint density at radius 2 is 2.05 bits per heavy atom. The maximum absolute atomic E-state index is 12.2. The first kappa shape index (κ1) is 14.0. The summed E-state index contributed by atoms with van der Waals surface area (Å²) < 4.78 is 21.7. The highest BCUT2D eigenvalue weighted by atomic mass is 31.2. The molecule has 6 heteroatoms. The molecule has 2 rings (SSSR count). The molecule has 0 aromatic heterocycles. The van der Waals surface area contributed by atoms with Gasteiger partial charge in [-0.3, -0.25) is 0 Å². The first-order valence-electron chi connectivity index (χ1n) is 5.86. The lowest BCUT2D eigenvalue weighted by atomic mass is 9.88. The number of carbonyl (C=O) groups is 1. The number of benzene rings is 1. The predicted octanol–water partition coefficient (Wildman–Crippen LogP) is 1.93. The predicted molar refractivity (Wildman–Crippen MR) is 67.2 cm³/mol. The first-order valence-corrected chi connectivity index (χ1v) is 7.48. The molecule has 1 aliphatic heterocycles. The van der Waals surface area contributed by atoms with Crippen LogP contribution in [-0.4, -0.2) is 12.6 Å². The van der Waals surface area contributed by atoms with E-state index in [-0.39, 0.29) is 6.61 Å². The van der Waals surface area contributed by atoms with E-state index in [2.05, 4.69) is 0 Å². The first-order chi connectivity index (χ1) is 8.92. The Balaban J connectivity index is 2.57. The third kappa shape index (κ3) is 2.37. The van der Waals surface area contributed by atoms with Gasteiger partial charge in [0, 0.05) is 0 Å². The normalized spacial score (nSPS) is 29.9. The Bertz CT molecular complexity index is 566. The van der Waals surface area contributed by atoms with E-state index in [0.717, 1.165) is 5.82 Å². The average molecular weight is 281 g/mol. The minimum atomic E-state index is -4.18. The van der Waals surface area contributed by atoms with Crippen LogP contribution < -0.4 is 4.89 Å². The maximum atomic E-state index is 12.2. The standard InChI is InChI=1S/C13H15O5P/c1-3-17-12(14)13(11-7-5-4-6-8-11)10(2)9-19(15,16)18-13/h4-9H,3H2,1-2H3,(H,15,16)/p-1/t13-/m1/s1. The molecule has 0 aliphatic carbocycles. The van der Waals surface area contributed by atoms with Gasteiger partial charge in [-0.2, -0.15) is 0 Å². The van der Waals surface area contributed by atoms with Crippen LogP contribution in [0, 0.1) is 0 Å². The smallest absolute Gasteiger partial charge is 0.347 e.